The lowest BCUT2D eigenvalue weighted by molar-refractivity contribution is -0.154. The number of hydrogen-bond acceptors (Lipinski definition) is 5. The predicted octanol–water partition coefficient (Wildman–Crippen LogP) is 4.87. The number of hydrogen-bond donors (Lipinski definition) is 0. The molecule has 0 atom stereocenters. The lowest BCUT2D eigenvalue weighted by Gasteiger charge is -2.14. The first-order valence-corrected chi connectivity index (χ1v) is 8.86. The number of ketones is 1. The van der Waals surface area contributed by atoms with Gasteiger partial charge in [-0.1, -0.05) is 17.7 Å². The van der Waals surface area contributed by atoms with Crippen LogP contribution in [0.5, 0.6) is 5.88 Å². The van der Waals surface area contributed by atoms with E-state index >= 15 is 0 Å². The number of benzene rings is 1. The Bertz CT molecular complexity index is 1030. The van der Waals surface area contributed by atoms with Gasteiger partial charge in [0, 0.05) is 29.4 Å². The fourth-order valence-electron chi connectivity index (χ4n) is 2.60. The average Bonchev–Trinajstić information content (AvgIpc) is 2.69. The summed E-state index contributed by atoms with van der Waals surface area (Å²) in [6.45, 7) is 0.300. The summed E-state index contributed by atoms with van der Waals surface area (Å²) in [6.07, 6.45) is -1.78. The maximum Gasteiger partial charge on any atom is 0.422 e. The molecule has 2 heterocycles. The Morgan fingerprint density at radius 3 is 2.66 bits per heavy atom. The molecule has 9 heteroatoms. The van der Waals surface area contributed by atoms with Crippen molar-refractivity contribution in [3.63, 3.8) is 0 Å². The minimum absolute atomic E-state index is 0.0369. The molecule has 0 saturated heterocycles. The Hall–Kier alpha value is -3.00. The average molecular weight is 422 g/mol. The maximum atomic E-state index is 12.6. The molecule has 0 bridgehead atoms. The van der Waals surface area contributed by atoms with Gasteiger partial charge in [-0.2, -0.15) is 18.3 Å². The van der Waals surface area contributed by atoms with Crippen LogP contribution in [-0.2, 0) is 6.42 Å². The summed E-state index contributed by atoms with van der Waals surface area (Å²) in [5.41, 5.74) is 2.34. The molecule has 29 heavy (non-hydrogen) atoms. The van der Waals surface area contributed by atoms with E-state index in [4.69, 9.17) is 16.3 Å². The van der Waals surface area contributed by atoms with Crippen molar-refractivity contribution in [3.05, 3.63) is 70.6 Å². The fraction of sp³-hybridized carbons (Fsp3) is 0.200. The second-order valence-corrected chi connectivity index (χ2v) is 6.68. The fourth-order valence-corrected chi connectivity index (χ4v) is 2.72. The van der Waals surface area contributed by atoms with Gasteiger partial charge in [0.2, 0.25) is 5.88 Å². The largest absolute Gasteiger partial charge is 0.468 e. The molecule has 0 fully saturated rings. The molecular formula is C20H15ClF3N3O2. The van der Waals surface area contributed by atoms with Gasteiger partial charge < -0.3 is 4.74 Å². The molecule has 0 spiro atoms. The van der Waals surface area contributed by atoms with Crippen molar-refractivity contribution >= 4 is 17.4 Å². The summed E-state index contributed by atoms with van der Waals surface area (Å²) in [5, 5.41) is 7.95. The normalized spacial score (nSPS) is 11.3. The van der Waals surface area contributed by atoms with Crippen molar-refractivity contribution in [1.29, 1.82) is 0 Å². The van der Waals surface area contributed by atoms with Crippen molar-refractivity contribution in [2.24, 2.45) is 0 Å². The van der Waals surface area contributed by atoms with Gasteiger partial charge in [-0.25, -0.2) is 4.98 Å². The van der Waals surface area contributed by atoms with Crippen molar-refractivity contribution in [1.82, 2.24) is 15.2 Å². The summed E-state index contributed by atoms with van der Waals surface area (Å²) >= 11 is 6.04. The minimum atomic E-state index is -4.50. The highest BCUT2D eigenvalue weighted by Gasteiger charge is 2.29. The molecule has 0 amide bonds. The van der Waals surface area contributed by atoms with Crippen LogP contribution in [0.25, 0.3) is 11.1 Å². The highest BCUT2D eigenvalue weighted by Crippen LogP contribution is 2.32. The lowest BCUT2D eigenvalue weighted by Crippen LogP contribution is -2.20. The zero-order valence-electron chi connectivity index (χ0n) is 15.2. The Morgan fingerprint density at radius 1 is 1.21 bits per heavy atom. The standard InChI is InChI=1S/C20H15ClF3N3O2/c1-12-7-14(4-5-16(12)21)15-8-13(9-18(28)17-3-2-6-26-27-17)10-25-19(15)29-11-20(22,23)24/h2-8,10H,9,11H2,1H3. The van der Waals surface area contributed by atoms with Crippen LogP contribution in [0, 0.1) is 6.92 Å². The lowest BCUT2D eigenvalue weighted by atomic mass is 10.0. The van der Waals surface area contributed by atoms with Crippen LogP contribution in [0.4, 0.5) is 13.2 Å². The molecule has 0 radical (unpaired) electrons. The number of nitrogens with zero attached hydrogens (tertiary/aromatic N) is 3. The number of aromatic nitrogens is 3. The molecule has 3 rings (SSSR count). The highest BCUT2D eigenvalue weighted by atomic mass is 35.5. The van der Waals surface area contributed by atoms with Crippen LogP contribution >= 0.6 is 11.6 Å². The van der Waals surface area contributed by atoms with Crippen molar-refractivity contribution in [2.75, 3.05) is 6.61 Å². The van der Waals surface area contributed by atoms with E-state index in [9.17, 15) is 18.0 Å². The van der Waals surface area contributed by atoms with Gasteiger partial charge in [-0.05, 0) is 53.9 Å². The second kappa shape index (κ2) is 8.57. The zero-order chi connectivity index (χ0) is 21.0. The van der Waals surface area contributed by atoms with Gasteiger partial charge in [-0.15, -0.1) is 5.10 Å². The first-order valence-electron chi connectivity index (χ1n) is 8.49. The van der Waals surface area contributed by atoms with E-state index in [1.165, 1.54) is 18.5 Å². The molecule has 0 aliphatic heterocycles. The number of pyridine rings is 1. The van der Waals surface area contributed by atoms with Crippen LogP contribution in [0.15, 0.2) is 48.8 Å². The van der Waals surface area contributed by atoms with Gasteiger partial charge in [0.25, 0.3) is 0 Å². The van der Waals surface area contributed by atoms with Crippen LogP contribution < -0.4 is 4.74 Å². The minimum Gasteiger partial charge on any atom is -0.468 e. The van der Waals surface area contributed by atoms with Crippen LogP contribution in [0.3, 0.4) is 0 Å². The van der Waals surface area contributed by atoms with Crippen LogP contribution in [-0.4, -0.2) is 33.7 Å². The third-order valence-corrected chi connectivity index (χ3v) is 4.40. The summed E-state index contributed by atoms with van der Waals surface area (Å²) in [4.78, 5) is 16.4. The van der Waals surface area contributed by atoms with Crippen LogP contribution in [0.2, 0.25) is 5.02 Å². The first-order chi connectivity index (χ1) is 13.7. The van der Waals surface area contributed by atoms with E-state index in [0.717, 1.165) is 5.56 Å². The van der Waals surface area contributed by atoms with E-state index < -0.39 is 12.8 Å². The zero-order valence-corrected chi connectivity index (χ0v) is 16.0. The van der Waals surface area contributed by atoms with Crippen molar-refractivity contribution in [3.8, 4) is 17.0 Å². The summed E-state index contributed by atoms with van der Waals surface area (Å²) in [5.74, 6) is -0.471. The first kappa shape index (κ1) is 20.7. The number of halogens is 4. The quantitative estimate of drug-likeness (QED) is 0.531. The monoisotopic (exact) mass is 421 g/mol. The molecule has 0 aliphatic carbocycles. The number of alkyl halides is 3. The molecule has 2 aromatic heterocycles. The van der Waals surface area contributed by atoms with E-state index in [-0.39, 0.29) is 23.8 Å². The topological polar surface area (TPSA) is 65.0 Å². The highest BCUT2D eigenvalue weighted by molar-refractivity contribution is 6.31. The number of rotatable bonds is 6. The molecule has 3 aromatic rings. The molecular weight excluding hydrogens is 407 g/mol. The Labute approximate surface area is 169 Å². The van der Waals surface area contributed by atoms with Gasteiger partial charge in [0.1, 0.15) is 5.69 Å². The summed E-state index contributed by atoms with van der Waals surface area (Å²) in [7, 11) is 0. The summed E-state index contributed by atoms with van der Waals surface area (Å²) < 4.78 is 42.7. The molecule has 0 N–H and O–H groups in total. The number of carbonyl (C=O) groups is 1. The van der Waals surface area contributed by atoms with E-state index in [1.54, 1.807) is 37.3 Å². The Balaban J connectivity index is 1.95. The van der Waals surface area contributed by atoms with Crippen molar-refractivity contribution < 1.29 is 22.7 Å². The SMILES string of the molecule is Cc1cc(-c2cc(CC(=O)c3cccnn3)cnc2OCC(F)(F)F)ccc1Cl. The smallest absolute Gasteiger partial charge is 0.422 e. The Morgan fingerprint density at radius 2 is 2.00 bits per heavy atom. The van der Waals surface area contributed by atoms with Crippen LogP contribution in [0.1, 0.15) is 21.6 Å². The molecule has 0 unspecified atom stereocenters. The second-order valence-electron chi connectivity index (χ2n) is 6.27. The maximum absolute atomic E-state index is 12.6. The van der Waals surface area contributed by atoms with Gasteiger partial charge in [0.05, 0.1) is 0 Å². The van der Waals surface area contributed by atoms with Crippen molar-refractivity contribution in [2.45, 2.75) is 19.5 Å². The van der Waals surface area contributed by atoms with Gasteiger partial charge in [0.15, 0.2) is 12.4 Å². The number of ether oxygens (including phenoxy) is 1. The van der Waals surface area contributed by atoms with E-state index in [0.29, 0.717) is 21.7 Å². The molecule has 0 aliphatic rings. The number of Topliss-reactive ketones (excluding diaryl/α,β-unsaturated/α-hetero) is 1. The third-order valence-electron chi connectivity index (χ3n) is 3.97. The van der Waals surface area contributed by atoms with E-state index in [1.807, 2.05) is 0 Å². The predicted molar refractivity (Wildman–Crippen MR) is 101 cm³/mol. The van der Waals surface area contributed by atoms with Gasteiger partial charge in [-0.3, -0.25) is 4.79 Å². The van der Waals surface area contributed by atoms with E-state index in [2.05, 4.69) is 15.2 Å². The molecule has 5 nitrogen and oxygen atoms in total. The van der Waals surface area contributed by atoms with Gasteiger partial charge >= 0.3 is 6.18 Å². The molecule has 1 aromatic carbocycles. The number of carbonyl (C=O) groups excluding carboxylic acids is 1. The number of aryl methyl sites for hydroxylation is 1. The molecule has 150 valence electrons. The molecule has 0 saturated carbocycles. The third kappa shape index (κ3) is 5.51. The Kier molecular flexibility index (Phi) is 6.12. The summed E-state index contributed by atoms with van der Waals surface area (Å²) in [6, 6.07) is 9.71.